The lowest BCUT2D eigenvalue weighted by molar-refractivity contribution is -0.135. The fourth-order valence-electron chi connectivity index (χ4n) is 3.41. The first-order valence-electron chi connectivity index (χ1n) is 9.22. The molecule has 2 N–H and O–H groups in total. The molecule has 3 rings (SSSR count). The molecular formula is C21H21ClFN3O3. The molecule has 2 atom stereocenters. The second-order valence-corrected chi connectivity index (χ2v) is 7.36. The first-order chi connectivity index (χ1) is 13.8. The van der Waals surface area contributed by atoms with E-state index in [1.54, 1.807) is 50.2 Å². The van der Waals surface area contributed by atoms with Crippen LogP contribution in [0.5, 0.6) is 0 Å². The maximum atomic E-state index is 13.1. The lowest BCUT2D eigenvalue weighted by Crippen LogP contribution is -2.45. The number of urea groups is 1. The third kappa shape index (κ3) is 4.10. The molecule has 6 nitrogen and oxygen atoms in total. The number of halogens is 2. The van der Waals surface area contributed by atoms with Crippen LogP contribution >= 0.6 is 11.6 Å². The van der Waals surface area contributed by atoms with Gasteiger partial charge in [-0.1, -0.05) is 42.8 Å². The number of nitrogens with zero attached hydrogens (tertiary/aromatic N) is 1. The Balaban J connectivity index is 1.73. The number of carbonyl (C=O) groups excluding carboxylic acids is 3. The first-order valence-corrected chi connectivity index (χ1v) is 9.59. The van der Waals surface area contributed by atoms with Crippen LogP contribution in [0.2, 0.25) is 5.02 Å². The largest absolute Gasteiger partial charge is 0.348 e. The molecule has 1 heterocycles. The van der Waals surface area contributed by atoms with Gasteiger partial charge in [0.2, 0.25) is 5.91 Å². The van der Waals surface area contributed by atoms with E-state index in [-0.39, 0.29) is 5.82 Å². The second-order valence-electron chi connectivity index (χ2n) is 6.93. The van der Waals surface area contributed by atoms with E-state index in [1.165, 1.54) is 12.1 Å². The van der Waals surface area contributed by atoms with Crippen molar-refractivity contribution in [3.8, 4) is 0 Å². The molecule has 0 bridgehead atoms. The second kappa shape index (κ2) is 8.21. The summed E-state index contributed by atoms with van der Waals surface area (Å²) in [6, 6.07) is 11.4. The SMILES string of the molecule is CC[C@]1(c2ccc(Cl)cc2)NC(=O)N(CC(=O)N[C@@H](C)c2ccc(F)cc2)C1=O. The van der Waals surface area contributed by atoms with E-state index in [0.717, 1.165) is 4.90 Å². The van der Waals surface area contributed by atoms with Crippen molar-refractivity contribution in [1.29, 1.82) is 0 Å². The molecule has 2 aromatic carbocycles. The molecule has 0 saturated carbocycles. The van der Waals surface area contributed by atoms with Crippen molar-refractivity contribution >= 4 is 29.4 Å². The molecule has 29 heavy (non-hydrogen) atoms. The number of nitrogens with one attached hydrogen (secondary N) is 2. The third-order valence-electron chi connectivity index (χ3n) is 5.09. The molecule has 152 valence electrons. The van der Waals surface area contributed by atoms with Crippen molar-refractivity contribution in [2.24, 2.45) is 0 Å². The highest BCUT2D eigenvalue weighted by Gasteiger charge is 2.51. The number of amides is 4. The average Bonchev–Trinajstić information content (AvgIpc) is 2.94. The van der Waals surface area contributed by atoms with Gasteiger partial charge in [0.15, 0.2) is 0 Å². The minimum absolute atomic E-state index is 0.323. The molecule has 1 saturated heterocycles. The molecule has 1 fully saturated rings. The van der Waals surface area contributed by atoms with E-state index < -0.39 is 36.0 Å². The molecule has 4 amide bonds. The average molecular weight is 418 g/mol. The molecule has 0 unspecified atom stereocenters. The molecule has 1 aliphatic rings. The van der Waals surface area contributed by atoms with Gasteiger partial charge in [0.25, 0.3) is 5.91 Å². The maximum Gasteiger partial charge on any atom is 0.325 e. The van der Waals surface area contributed by atoms with Crippen molar-refractivity contribution in [1.82, 2.24) is 15.5 Å². The zero-order valence-corrected chi connectivity index (χ0v) is 16.8. The number of benzene rings is 2. The lowest BCUT2D eigenvalue weighted by Gasteiger charge is -2.26. The van der Waals surface area contributed by atoms with E-state index in [9.17, 15) is 18.8 Å². The van der Waals surface area contributed by atoms with Crippen molar-refractivity contribution < 1.29 is 18.8 Å². The Hall–Kier alpha value is -2.93. The Bertz CT molecular complexity index is 933. The molecule has 1 aliphatic heterocycles. The normalized spacial score (nSPS) is 19.8. The summed E-state index contributed by atoms with van der Waals surface area (Å²) in [6.45, 7) is 3.11. The number of hydrogen-bond acceptors (Lipinski definition) is 3. The van der Waals surface area contributed by atoms with Crippen LogP contribution in [0.25, 0.3) is 0 Å². The van der Waals surface area contributed by atoms with Gasteiger partial charge in [0, 0.05) is 5.02 Å². The van der Waals surface area contributed by atoms with Gasteiger partial charge in [-0.25, -0.2) is 9.18 Å². The van der Waals surface area contributed by atoms with Crippen LogP contribution in [0.4, 0.5) is 9.18 Å². The lowest BCUT2D eigenvalue weighted by atomic mass is 9.87. The summed E-state index contributed by atoms with van der Waals surface area (Å²) in [5, 5.41) is 5.96. The summed E-state index contributed by atoms with van der Waals surface area (Å²) in [5.74, 6) is -1.35. The Morgan fingerprint density at radius 3 is 2.38 bits per heavy atom. The predicted octanol–water partition coefficient (Wildman–Crippen LogP) is 3.51. The number of hydrogen-bond donors (Lipinski definition) is 2. The van der Waals surface area contributed by atoms with Crippen molar-refractivity contribution in [2.75, 3.05) is 6.54 Å². The van der Waals surface area contributed by atoms with Gasteiger partial charge in [-0.2, -0.15) is 0 Å². The van der Waals surface area contributed by atoms with Gasteiger partial charge in [-0.3, -0.25) is 14.5 Å². The molecule has 2 aromatic rings. The third-order valence-corrected chi connectivity index (χ3v) is 5.34. The van der Waals surface area contributed by atoms with Gasteiger partial charge in [0.05, 0.1) is 6.04 Å². The fourth-order valence-corrected chi connectivity index (χ4v) is 3.54. The highest BCUT2D eigenvalue weighted by Crippen LogP contribution is 2.33. The molecule has 0 aromatic heterocycles. The monoisotopic (exact) mass is 417 g/mol. The van der Waals surface area contributed by atoms with Gasteiger partial charge in [-0.15, -0.1) is 0 Å². The first kappa shape index (κ1) is 20.8. The number of carbonyl (C=O) groups is 3. The van der Waals surface area contributed by atoms with Gasteiger partial charge < -0.3 is 10.6 Å². The number of imide groups is 1. The Labute approximate surface area is 173 Å². The standard InChI is InChI=1S/C21H21ClFN3O3/c1-3-21(15-6-8-16(22)9-7-15)19(28)26(20(29)25-21)12-18(27)24-13(2)14-4-10-17(23)11-5-14/h4-11,13H,3,12H2,1-2H3,(H,24,27)(H,25,29)/t13-,21+/m0/s1. The quantitative estimate of drug-likeness (QED) is 0.706. The smallest absolute Gasteiger partial charge is 0.325 e. The predicted molar refractivity (Wildman–Crippen MR) is 107 cm³/mol. The van der Waals surface area contributed by atoms with E-state index in [4.69, 9.17) is 11.6 Å². The Morgan fingerprint density at radius 2 is 1.79 bits per heavy atom. The van der Waals surface area contributed by atoms with Gasteiger partial charge in [-0.05, 0) is 48.7 Å². The Morgan fingerprint density at radius 1 is 1.17 bits per heavy atom. The summed E-state index contributed by atoms with van der Waals surface area (Å²) in [5.41, 5.74) is 0.0798. The zero-order chi connectivity index (χ0) is 21.2. The molecule has 0 radical (unpaired) electrons. The Kier molecular flexibility index (Phi) is 5.88. The van der Waals surface area contributed by atoms with Gasteiger partial charge in [0.1, 0.15) is 17.9 Å². The fraction of sp³-hybridized carbons (Fsp3) is 0.286. The summed E-state index contributed by atoms with van der Waals surface area (Å²) in [7, 11) is 0. The van der Waals surface area contributed by atoms with E-state index in [2.05, 4.69) is 10.6 Å². The van der Waals surface area contributed by atoms with Crippen molar-refractivity contribution in [3.05, 3.63) is 70.5 Å². The summed E-state index contributed by atoms with van der Waals surface area (Å²) >= 11 is 5.92. The molecule has 8 heteroatoms. The minimum Gasteiger partial charge on any atom is -0.348 e. The van der Waals surface area contributed by atoms with E-state index in [1.807, 2.05) is 0 Å². The number of rotatable bonds is 6. The highest BCUT2D eigenvalue weighted by atomic mass is 35.5. The van der Waals surface area contributed by atoms with Crippen LogP contribution in [0.3, 0.4) is 0 Å². The molecule has 0 spiro atoms. The van der Waals surface area contributed by atoms with Gasteiger partial charge >= 0.3 is 6.03 Å². The van der Waals surface area contributed by atoms with E-state index in [0.29, 0.717) is 22.6 Å². The topological polar surface area (TPSA) is 78.5 Å². The minimum atomic E-state index is -1.23. The van der Waals surface area contributed by atoms with Crippen molar-refractivity contribution in [2.45, 2.75) is 31.8 Å². The zero-order valence-electron chi connectivity index (χ0n) is 16.0. The van der Waals surface area contributed by atoms with Crippen LogP contribution < -0.4 is 10.6 Å². The summed E-state index contributed by atoms with van der Waals surface area (Å²) < 4.78 is 13.1. The highest BCUT2D eigenvalue weighted by molar-refractivity contribution is 6.30. The summed E-state index contributed by atoms with van der Waals surface area (Å²) in [6.07, 6.45) is 0.323. The molecular weight excluding hydrogens is 397 g/mol. The maximum absolute atomic E-state index is 13.1. The van der Waals surface area contributed by atoms with E-state index >= 15 is 0 Å². The summed E-state index contributed by atoms with van der Waals surface area (Å²) in [4.78, 5) is 38.9. The molecule has 0 aliphatic carbocycles. The van der Waals surface area contributed by atoms with Crippen LogP contribution in [-0.2, 0) is 15.1 Å². The van der Waals surface area contributed by atoms with Crippen LogP contribution in [-0.4, -0.2) is 29.3 Å². The van der Waals surface area contributed by atoms with Crippen LogP contribution in [0, 0.1) is 5.82 Å². The van der Waals surface area contributed by atoms with Crippen LogP contribution in [0.15, 0.2) is 48.5 Å². The van der Waals surface area contributed by atoms with Crippen molar-refractivity contribution in [3.63, 3.8) is 0 Å². The van der Waals surface area contributed by atoms with Crippen LogP contribution in [0.1, 0.15) is 37.4 Å².